The molecule has 32 heavy (non-hydrogen) atoms. The summed E-state index contributed by atoms with van der Waals surface area (Å²) in [5.41, 5.74) is 1.50. The van der Waals surface area contributed by atoms with Gasteiger partial charge in [-0.25, -0.2) is 9.97 Å². The van der Waals surface area contributed by atoms with Crippen molar-refractivity contribution < 1.29 is 9.26 Å². The number of thiophene rings is 1. The standard InChI is InChI=1S/C23H30N6O2S/c1-15-24-22(31-27-15)16-5-4-8-29(13-16)21-20-17-6-2-3-7-18(17)32-23(20)26-19(25-21)14-28-9-11-30-12-10-28/h16H,2-14H2,1H3. The molecule has 5 heterocycles. The highest BCUT2D eigenvalue weighted by atomic mass is 32.1. The summed E-state index contributed by atoms with van der Waals surface area (Å²) in [6.07, 6.45) is 7.05. The molecule has 0 amide bonds. The number of ether oxygens (including phenoxy) is 1. The number of piperidine rings is 1. The Hall–Kier alpha value is -2.10. The van der Waals surface area contributed by atoms with Crippen molar-refractivity contribution >= 4 is 27.4 Å². The van der Waals surface area contributed by atoms with Gasteiger partial charge in [0.2, 0.25) is 5.89 Å². The van der Waals surface area contributed by atoms with Gasteiger partial charge in [0, 0.05) is 31.1 Å². The summed E-state index contributed by atoms with van der Waals surface area (Å²) in [7, 11) is 0. The second-order valence-electron chi connectivity index (χ2n) is 9.21. The van der Waals surface area contributed by atoms with Crippen molar-refractivity contribution in [3.05, 3.63) is 28.0 Å². The Morgan fingerprint density at radius 2 is 1.91 bits per heavy atom. The SMILES string of the molecule is Cc1noc(C2CCCN(c3nc(CN4CCOCC4)nc4sc5c(c34)CCCC5)C2)n1. The lowest BCUT2D eigenvalue weighted by molar-refractivity contribution is 0.0331. The lowest BCUT2D eigenvalue weighted by atomic mass is 9.95. The van der Waals surface area contributed by atoms with Gasteiger partial charge in [-0.05, 0) is 51.0 Å². The molecule has 1 aliphatic carbocycles. The maximum atomic E-state index is 5.54. The molecule has 2 fully saturated rings. The highest BCUT2D eigenvalue weighted by Gasteiger charge is 2.30. The van der Waals surface area contributed by atoms with Gasteiger partial charge in [-0.3, -0.25) is 4.90 Å². The third kappa shape index (κ3) is 3.91. The van der Waals surface area contributed by atoms with E-state index in [1.54, 1.807) is 0 Å². The molecule has 2 saturated heterocycles. The Kier molecular flexibility index (Phi) is 5.56. The maximum absolute atomic E-state index is 5.54. The number of anilines is 1. The van der Waals surface area contributed by atoms with Crippen LogP contribution in [-0.4, -0.2) is 64.4 Å². The molecule has 2 aliphatic heterocycles. The summed E-state index contributed by atoms with van der Waals surface area (Å²) in [5.74, 6) is 3.79. The van der Waals surface area contributed by atoms with Gasteiger partial charge < -0.3 is 14.2 Å². The lowest BCUT2D eigenvalue weighted by Crippen LogP contribution is -2.37. The quantitative estimate of drug-likeness (QED) is 0.593. The van der Waals surface area contributed by atoms with Crippen LogP contribution in [0.1, 0.15) is 59.6 Å². The third-order valence-electron chi connectivity index (χ3n) is 6.92. The van der Waals surface area contributed by atoms with Crippen molar-refractivity contribution in [3.63, 3.8) is 0 Å². The zero-order chi connectivity index (χ0) is 21.5. The van der Waals surface area contributed by atoms with Gasteiger partial charge in [-0.2, -0.15) is 4.98 Å². The first-order valence-corrected chi connectivity index (χ1v) is 12.7. The van der Waals surface area contributed by atoms with Gasteiger partial charge >= 0.3 is 0 Å². The van der Waals surface area contributed by atoms with E-state index in [9.17, 15) is 0 Å². The van der Waals surface area contributed by atoms with Gasteiger partial charge in [0.25, 0.3) is 0 Å². The van der Waals surface area contributed by atoms with Gasteiger partial charge in [-0.1, -0.05) is 5.16 Å². The van der Waals surface area contributed by atoms with E-state index >= 15 is 0 Å². The Bertz CT molecular complexity index is 1110. The predicted octanol–water partition coefficient (Wildman–Crippen LogP) is 3.48. The van der Waals surface area contributed by atoms with E-state index < -0.39 is 0 Å². The van der Waals surface area contributed by atoms with Crippen molar-refractivity contribution in [3.8, 4) is 0 Å². The van der Waals surface area contributed by atoms with Crippen LogP contribution in [-0.2, 0) is 24.1 Å². The molecule has 0 radical (unpaired) electrons. The zero-order valence-electron chi connectivity index (χ0n) is 18.7. The number of rotatable bonds is 4. The van der Waals surface area contributed by atoms with Crippen molar-refractivity contribution in [2.75, 3.05) is 44.3 Å². The lowest BCUT2D eigenvalue weighted by Gasteiger charge is -2.33. The van der Waals surface area contributed by atoms with Crippen LogP contribution in [0.2, 0.25) is 0 Å². The van der Waals surface area contributed by atoms with Gasteiger partial charge in [0.15, 0.2) is 5.82 Å². The highest BCUT2D eigenvalue weighted by molar-refractivity contribution is 7.19. The number of aromatic nitrogens is 4. The van der Waals surface area contributed by atoms with E-state index in [0.29, 0.717) is 5.82 Å². The molecule has 8 nitrogen and oxygen atoms in total. The van der Waals surface area contributed by atoms with Crippen LogP contribution in [0.3, 0.4) is 0 Å². The number of fused-ring (bicyclic) bond motifs is 3. The predicted molar refractivity (Wildman–Crippen MR) is 123 cm³/mol. The average molecular weight is 455 g/mol. The first-order valence-electron chi connectivity index (χ1n) is 11.9. The molecule has 0 N–H and O–H groups in total. The molecule has 170 valence electrons. The number of nitrogens with zero attached hydrogens (tertiary/aromatic N) is 6. The summed E-state index contributed by atoms with van der Waals surface area (Å²) in [5, 5.41) is 5.33. The molecular formula is C23H30N6O2S. The fourth-order valence-corrected chi connectivity index (χ4v) is 6.56. The van der Waals surface area contributed by atoms with Crippen LogP contribution in [0, 0.1) is 6.92 Å². The van der Waals surface area contributed by atoms with Crippen LogP contribution in [0.5, 0.6) is 0 Å². The average Bonchev–Trinajstić information content (AvgIpc) is 3.43. The van der Waals surface area contributed by atoms with E-state index in [0.717, 1.165) is 82.7 Å². The minimum Gasteiger partial charge on any atom is -0.379 e. The van der Waals surface area contributed by atoms with Crippen molar-refractivity contribution in [1.29, 1.82) is 0 Å². The summed E-state index contributed by atoms with van der Waals surface area (Å²) in [4.78, 5) is 22.4. The monoisotopic (exact) mass is 454 g/mol. The fourth-order valence-electron chi connectivity index (χ4n) is 5.29. The molecule has 0 bridgehead atoms. The minimum absolute atomic E-state index is 0.257. The van der Waals surface area contributed by atoms with Crippen LogP contribution >= 0.6 is 11.3 Å². The molecule has 1 atom stereocenters. The van der Waals surface area contributed by atoms with Gasteiger partial charge in [0.1, 0.15) is 16.5 Å². The van der Waals surface area contributed by atoms with E-state index in [2.05, 4.69) is 19.9 Å². The number of hydrogen-bond donors (Lipinski definition) is 0. The molecular weight excluding hydrogens is 424 g/mol. The number of hydrogen-bond acceptors (Lipinski definition) is 9. The van der Waals surface area contributed by atoms with E-state index in [-0.39, 0.29) is 5.92 Å². The Balaban J connectivity index is 1.38. The second-order valence-corrected chi connectivity index (χ2v) is 10.3. The van der Waals surface area contributed by atoms with Crippen molar-refractivity contribution in [2.45, 2.75) is 57.9 Å². The molecule has 3 aromatic rings. The number of aryl methyl sites for hydroxylation is 3. The fraction of sp³-hybridized carbons (Fsp3) is 0.652. The minimum atomic E-state index is 0.257. The summed E-state index contributed by atoms with van der Waals surface area (Å²) in [6, 6.07) is 0. The zero-order valence-corrected chi connectivity index (χ0v) is 19.5. The Morgan fingerprint density at radius 1 is 1.03 bits per heavy atom. The molecule has 3 aliphatic rings. The first-order chi connectivity index (χ1) is 15.7. The third-order valence-corrected chi connectivity index (χ3v) is 8.11. The van der Waals surface area contributed by atoms with Crippen LogP contribution in [0.25, 0.3) is 10.2 Å². The second kappa shape index (κ2) is 8.68. The number of morpholine rings is 1. The largest absolute Gasteiger partial charge is 0.379 e. The Morgan fingerprint density at radius 3 is 2.75 bits per heavy atom. The van der Waals surface area contributed by atoms with Crippen LogP contribution < -0.4 is 4.90 Å². The van der Waals surface area contributed by atoms with Gasteiger partial charge in [0.05, 0.1) is 31.1 Å². The smallest absolute Gasteiger partial charge is 0.231 e. The van der Waals surface area contributed by atoms with Crippen molar-refractivity contribution in [1.82, 2.24) is 25.0 Å². The molecule has 1 unspecified atom stereocenters. The van der Waals surface area contributed by atoms with Crippen LogP contribution in [0.4, 0.5) is 5.82 Å². The molecule has 3 aromatic heterocycles. The van der Waals surface area contributed by atoms with E-state index in [1.807, 2.05) is 18.3 Å². The van der Waals surface area contributed by atoms with E-state index in [4.69, 9.17) is 19.2 Å². The summed E-state index contributed by atoms with van der Waals surface area (Å²) in [6.45, 7) is 8.03. The first kappa shape index (κ1) is 20.5. The molecule has 0 spiro atoms. The highest BCUT2D eigenvalue weighted by Crippen LogP contribution is 2.41. The maximum Gasteiger partial charge on any atom is 0.231 e. The molecule has 0 saturated carbocycles. The van der Waals surface area contributed by atoms with Gasteiger partial charge in [-0.15, -0.1) is 11.3 Å². The normalized spacial score (nSPS) is 22.4. The molecule has 9 heteroatoms. The Labute approximate surface area is 192 Å². The van der Waals surface area contributed by atoms with E-state index in [1.165, 1.54) is 39.9 Å². The molecule has 6 rings (SSSR count). The topological polar surface area (TPSA) is 80.4 Å². The molecule has 0 aromatic carbocycles. The summed E-state index contributed by atoms with van der Waals surface area (Å²) >= 11 is 1.89. The van der Waals surface area contributed by atoms with Crippen LogP contribution in [0.15, 0.2) is 4.52 Å². The summed E-state index contributed by atoms with van der Waals surface area (Å²) < 4.78 is 11.1. The van der Waals surface area contributed by atoms with Crippen molar-refractivity contribution in [2.24, 2.45) is 0 Å².